The molecule has 0 bridgehead atoms. The van der Waals surface area contributed by atoms with Crippen LogP contribution in [0.15, 0.2) is 6.07 Å². The third-order valence-corrected chi connectivity index (χ3v) is 3.99. The Morgan fingerprint density at radius 1 is 1.16 bits per heavy atom. The number of hydrogen-bond donors (Lipinski definition) is 2. The van der Waals surface area contributed by atoms with Gasteiger partial charge in [-0.15, -0.1) is 11.6 Å². The normalized spacial score (nSPS) is 12.0. The molecule has 6 heteroatoms. The number of halogens is 1. The summed E-state index contributed by atoms with van der Waals surface area (Å²) in [6.45, 7) is 13.3. The highest BCUT2D eigenvalue weighted by Crippen LogP contribution is 2.45. The molecule has 0 aliphatic rings. The zero-order chi connectivity index (χ0) is 19.6. The van der Waals surface area contributed by atoms with Crippen molar-refractivity contribution in [3.8, 4) is 11.5 Å². The molecule has 0 fully saturated rings. The number of esters is 1. The van der Waals surface area contributed by atoms with Crippen LogP contribution in [0.2, 0.25) is 0 Å². The summed E-state index contributed by atoms with van der Waals surface area (Å²) in [5.74, 6) is -0.434. The molecule has 0 radical (unpaired) electrons. The van der Waals surface area contributed by atoms with Crippen molar-refractivity contribution >= 4 is 23.5 Å². The number of nitrogens with one attached hydrogen (secondary N) is 1. The smallest absolute Gasteiger partial charge is 0.308 e. The molecule has 0 aliphatic heterocycles. The van der Waals surface area contributed by atoms with Gasteiger partial charge in [-0.1, -0.05) is 41.5 Å². The van der Waals surface area contributed by atoms with Crippen LogP contribution in [0.25, 0.3) is 0 Å². The van der Waals surface area contributed by atoms with Crippen molar-refractivity contribution in [1.82, 2.24) is 5.32 Å². The van der Waals surface area contributed by atoms with Gasteiger partial charge in [0.05, 0.1) is 0 Å². The summed E-state index contributed by atoms with van der Waals surface area (Å²) in [4.78, 5) is 23.2. The van der Waals surface area contributed by atoms with E-state index in [0.717, 1.165) is 5.56 Å². The van der Waals surface area contributed by atoms with Crippen LogP contribution in [0.1, 0.15) is 65.2 Å². The summed E-state index contributed by atoms with van der Waals surface area (Å²) in [6.07, 6.45) is 0. The third-order valence-electron chi connectivity index (χ3n) is 3.75. The molecule has 0 atom stereocenters. The largest absolute Gasteiger partial charge is 0.508 e. The number of carbonyl (C=O) groups excluding carboxylic acids is 2. The van der Waals surface area contributed by atoms with Gasteiger partial charge in [-0.05, 0) is 16.9 Å². The van der Waals surface area contributed by atoms with E-state index < -0.39 is 11.4 Å². The molecule has 0 unspecified atom stereocenters. The summed E-state index contributed by atoms with van der Waals surface area (Å²) >= 11 is 5.53. The fraction of sp³-hybridized carbons (Fsp3) is 0.579. The lowest BCUT2D eigenvalue weighted by Gasteiger charge is -2.31. The fourth-order valence-corrected chi connectivity index (χ4v) is 2.80. The highest BCUT2D eigenvalue weighted by Gasteiger charge is 2.32. The fourth-order valence-electron chi connectivity index (χ4n) is 2.70. The lowest BCUT2D eigenvalue weighted by atomic mass is 9.76. The van der Waals surface area contributed by atoms with E-state index in [2.05, 4.69) is 5.32 Å². The standard InChI is InChI=1S/C19H28ClNO4/c1-11(22)25-17-13(18(2,3)4)8-14(23)12(10-21-15(24)9-20)16(17)19(5,6)7/h8,23H,9-10H2,1-7H3,(H,21,24). The van der Waals surface area contributed by atoms with Crippen LogP contribution in [0.4, 0.5) is 0 Å². The molecule has 1 amide bonds. The first-order valence-electron chi connectivity index (χ1n) is 8.20. The molecular formula is C19H28ClNO4. The second kappa shape index (κ2) is 7.65. The summed E-state index contributed by atoms with van der Waals surface area (Å²) in [5.41, 5.74) is 1.18. The number of rotatable bonds is 4. The number of ether oxygens (including phenoxy) is 1. The number of benzene rings is 1. The van der Waals surface area contributed by atoms with Crippen molar-refractivity contribution in [3.63, 3.8) is 0 Å². The Morgan fingerprint density at radius 3 is 2.12 bits per heavy atom. The highest BCUT2D eigenvalue weighted by molar-refractivity contribution is 6.27. The molecule has 1 aromatic carbocycles. The molecule has 0 aromatic heterocycles. The molecule has 0 heterocycles. The van der Waals surface area contributed by atoms with Gasteiger partial charge in [-0.3, -0.25) is 9.59 Å². The molecule has 2 N–H and O–H groups in total. The Bertz CT molecular complexity index is 669. The minimum Gasteiger partial charge on any atom is -0.508 e. The zero-order valence-corrected chi connectivity index (χ0v) is 16.8. The highest BCUT2D eigenvalue weighted by atomic mass is 35.5. The monoisotopic (exact) mass is 369 g/mol. The molecule has 0 aliphatic carbocycles. The molecule has 25 heavy (non-hydrogen) atoms. The SMILES string of the molecule is CC(=O)Oc1c(C(C)(C)C)cc(O)c(CNC(=O)CCl)c1C(C)(C)C. The topological polar surface area (TPSA) is 75.6 Å². The van der Waals surface area contributed by atoms with E-state index in [0.29, 0.717) is 16.9 Å². The Hall–Kier alpha value is -1.75. The van der Waals surface area contributed by atoms with Crippen molar-refractivity contribution in [2.45, 2.75) is 65.8 Å². The van der Waals surface area contributed by atoms with Crippen LogP contribution >= 0.6 is 11.6 Å². The van der Waals surface area contributed by atoms with Crippen molar-refractivity contribution in [2.75, 3.05) is 5.88 Å². The van der Waals surface area contributed by atoms with Gasteiger partial charge in [0.15, 0.2) is 0 Å². The van der Waals surface area contributed by atoms with Gasteiger partial charge in [0.2, 0.25) is 5.91 Å². The van der Waals surface area contributed by atoms with E-state index in [9.17, 15) is 14.7 Å². The van der Waals surface area contributed by atoms with Crippen LogP contribution in [0, 0.1) is 0 Å². The number of phenolic OH excluding ortho intramolecular Hbond substituents is 1. The van der Waals surface area contributed by atoms with E-state index in [4.69, 9.17) is 16.3 Å². The number of hydrogen-bond acceptors (Lipinski definition) is 4. The van der Waals surface area contributed by atoms with Gasteiger partial charge >= 0.3 is 5.97 Å². The lowest BCUT2D eigenvalue weighted by molar-refractivity contribution is -0.132. The van der Waals surface area contributed by atoms with Gasteiger partial charge in [0.25, 0.3) is 0 Å². The second-order valence-corrected chi connectivity index (χ2v) is 8.40. The van der Waals surface area contributed by atoms with Crippen LogP contribution in [0.3, 0.4) is 0 Å². The first-order chi connectivity index (χ1) is 11.3. The third kappa shape index (κ3) is 5.36. The van der Waals surface area contributed by atoms with Crippen LogP contribution in [0.5, 0.6) is 11.5 Å². The van der Waals surface area contributed by atoms with E-state index in [1.807, 2.05) is 41.5 Å². The van der Waals surface area contributed by atoms with Crippen molar-refractivity contribution in [1.29, 1.82) is 0 Å². The average Bonchev–Trinajstić information content (AvgIpc) is 2.43. The van der Waals surface area contributed by atoms with Gasteiger partial charge in [0, 0.05) is 30.2 Å². The van der Waals surface area contributed by atoms with E-state index in [1.165, 1.54) is 6.92 Å². The van der Waals surface area contributed by atoms with Crippen molar-refractivity contribution < 1.29 is 19.4 Å². The summed E-state index contributed by atoms with van der Waals surface area (Å²) < 4.78 is 5.57. The first-order valence-corrected chi connectivity index (χ1v) is 8.73. The predicted molar refractivity (Wildman–Crippen MR) is 99.4 cm³/mol. The molecular weight excluding hydrogens is 342 g/mol. The number of alkyl halides is 1. The van der Waals surface area contributed by atoms with Gasteiger partial charge in [-0.25, -0.2) is 0 Å². The Morgan fingerprint density at radius 2 is 1.72 bits per heavy atom. The van der Waals surface area contributed by atoms with E-state index in [1.54, 1.807) is 6.07 Å². The van der Waals surface area contributed by atoms with E-state index in [-0.39, 0.29) is 29.5 Å². The van der Waals surface area contributed by atoms with Crippen LogP contribution < -0.4 is 10.1 Å². The Labute approximate surface area is 154 Å². The number of aromatic hydroxyl groups is 1. The van der Waals surface area contributed by atoms with Crippen LogP contribution in [-0.4, -0.2) is 22.9 Å². The maximum Gasteiger partial charge on any atom is 0.308 e. The maximum atomic E-state index is 11.7. The molecule has 0 saturated heterocycles. The number of carbonyl (C=O) groups is 2. The van der Waals surface area contributed by atoms with E-state index >= 15 is 0 Å². The van der Waals surface area contributed by atoms with Gasteiger partial charge in [-0.2, -0.15) is 0 Å². The summed E-state index contributed by atoms with van der Waals surface area (Å²) in [6, 6.07) is 1.61. The van der Waals surface area contributed by atoms with Crippen molar-refractivity contribution in [3.05, 3.63) is 22.8 Å². The molecule has 5 nitrogen and oxygen atoms in total. The van der Waals surface area contributed by atoms with Crippen LogP contribution in [-0.2, 0) is 27.0 Å². The Kier molecular flexibility index (Phi) is 6.51. The molecule has 1 rings (SSSR count). The minimum atomic E-state index is -0.433. The predicted octanol–water partition coefficient (Wildman–Crippen LogP) is 3.77. The van der Waals surface area contributed by atoms with Crippen molar-refractivity contribution in [2.24, 2.45) is 0 Å². The minimum absolute atomic E-state index is 0.0561. The Balaban J connectivity index is 3.72. The average molecular weight is 370 g/mol. The summed E-state index contributed by atoms with van der Waals surface area (Å²) in [7, 11) is 0. The number of amides is 1. The quantitative estimate of drug-likeness (QED) is 0.481. The molecule has 0 spiro atoms. The van der Waals surface area contributed by atoms with Gasteiger partial charge in [0.1, 0.15) is 17.4 Å². The molecule has 0 saturated carbocycles. The zero-order valence-electron chi connectivity index (χ0n) is 16.0. The molecule has 1 aromatic rings. The molecule has 140 valence electrons. The second-order valence-electron chi connectivity index (χ2n) is 8.13. The maximum absolute atomic E-state index is 11.7. The first kappa shape index (κ1) is 21.3. The summed E-state index contributed by atoms with van der Waals surface area (Å²) in [5, 5.41) is 13.3. The van der Waals surface area contributed by atoms with Gasteiger partial charge < -0.3 is 15.2 Å². The lowest BCUT2D eigenvalue weighted by Crippen LogP contribution is -2.28. The number of phenols is 1.